The summed E-state index contributed by atoms with van der Waals surface area (Å²) in [6.07, 6.45) is 0. The summed E-state index contributed by atoms with van der Waals surface area (Å²) in [5, 5.41) is 0. The third kappa shape index (κ3) is 36.5. The summed E-state index contributed by atoms with van der Waals surface area (Å²) in [6, 6.07) is 0. The SMILES string of the molecule is CC(C)[SiH3].[H-].[Na+]. The summed E-state index contributed by atoms with van der Waals surface area (Å²) in [5.41, 5.74) is 0.972. The fraction of sp³-hybridized carbons (Fsp3) is 1.00. The van der Waals surface area contributed by atoms with Crippen molar-refractivity contribution in [2.24, 2.45) is 0 Å². The first kappa shape index (κ1) is 9.52. The Morgan fingerprint density at radius 1 is 1.60 bits per heavy atom. The second-order valence-corrected chi connectivity index (χ2v) is 4.04. The first-order valence-electron chi connectivity index (χ1n) is 1.73. The fourth-order valence-corrected chi connectivity index (χ4v) is 0. The van der Waals surface area contributed by atoms with Crippen LogP contribution < -0.4 is 29.6 Å². The monoisotopic (exact) mass is 98.1 g/mol. The van der Waals surface area contributed by atoms with Gasteiger partial charge in [-0.2, -0.15) is 0 Å². The Labute approximate surface area is 60.5 Å². The Bertz CT molecular complexity index is 15.5. The average Bonchev–Trinajstić information content (AvgIpc) is 0.811. The van der Waals surface area contributed by atoms with Crippen LogP contribution in [0.1, 0.15) is 15.3 Å². The van der Waals surface area contributed by atoms with Gasteiger partial charge in [0.15, 0.2) is 0 Å². The Morgan fingerprint density at radius 2 is 1.60 bits per heavy atom. The molecule has 0 amide bonds. The van der Waals surface area contributed by atoms with Crippen LogP contribution >= 0.6 is 0 Å². The van der Waals surface area contributed by atoms with E-state index in [2.05, 4.69) is 13.8 Å². The van der Waals surface area contributed by atoms with Crippen LogP contribution in [0.4, 0.5) is 0 Å². The van der Waals surface area contributed by atoms with Gasteiger partial charge in [-0.1, -0.05) is 19.4 Å². The summed E-state index contributed by atoms with van der Waals surface area (Å²) in [6.45, 7) is 4.46. The van der Waals surface area contributed by atoms with E-state index >= 15 is 0 Å². The molecule has 2 heteroatoms. The largest absolute Gasteiger partial charge is 1.00 e. The van der Waals surface area contributed by atoms with Gasteiger partial charge in [0.05, 0.1) is 0 Å². The molecule has 0 fully saturated rings. The maximum atomic E-state index is 2.23. The minimum Gasteiger partial charge on any atom is -1.00 e. The molecule has 5 heavy (non-hydrogen) atoms. The molecular formula is C3H11NaSi. The molecule has 0 unspecified atom stereocenters. The molecule has 0 spiro atoms. The molecule has 0 aromatic carbocycles. The molecule has 0 aliphatic rings. The molecule has 0 aromatic rings. The van der Waals surface area contributed by atoms with Crippen LogP contribution in [-0.2, 0) is 0 Å². The predicted molar refractivity (Wildman–Crippen MR) is 26.1 cm³/mol. The van der Waals surface area contributed by atoms with E-state index in [0.29, 0.717) is 0 Å². The van der Waals surface area contributed by atoms with Gasteiger partial charge >= 0.3 is 29.6 Å². The molecular weight excluding hydrogens is 87.1 g/mol. The van der Waals surface area contributed by atoms with Gasteiger partial charge < -0.3 is 1.43 Å². The Balaban J connectivity index is -0.0000000450. The maximum absolute atomic E-state index is 2.23. The summed E-state index contributed by atoms with van der Waals surface area (Å²) >= 11 is 0. The molecule has 0 rings (SSSR count). The van der Waals surface area contributed by atoms with E-state index in [0.717, 1.165) is 5.54 Å². The van der Waals surface area contributed by atoms with Crippen molar-refractivity contribution in [1.82, 2.24) is 0 Å². The zero-order valence-electron chi connectivity index (χ0n) is 5.58. The van der Waals surface area contributed by atoms with Crippen molar-refractivity contribution in [3.63, 3.8) is 0 Å². The zero-order valence-corrected chi connectivity index (χ0v) is 8.58. The number of rotatable bonds is 0. The molecule has 0 N–H and O–H groups in total. The minimum absolute atomic E-state index is 0. The zero-order chi connectivity index (χ0) is 3.58. The summed E-state index contributed by atoms with van der Waals surface area (Å²) in [4.78, 5) is 0. The number of hydrogen-bond donors (Lipinski definition) is 0. The van der Waals surface area contributed by atoms with E-state index in [1.807, 2.05) is 0 Å². The second kappa shape index (κ2) is 5.22. The molecule has 0 aromatic heterocycles. The van der Waals surface area contributed by atoms with Gasteiger partial charge in [0.25, 0.3) is 0 Å². The normalized spacial score (nSPS) is 7.80. The summed E-state index contributed by atoms with van der Waals surface area (Å²) in [5.74, 6) is 0. The van der Waals surface area contributed by atoms with Crippen molar-refractivity contribution >= 4 is 10.2 Å². The third-order valence-corrected chi connectivity index (χ3v) is 0. The van der Waals surface area contributed by atoms with Gasteiger partial charge in [-0.3, -0.25) is 0 Å². The first-order chi connectivity index (χ1) is 1.73. The molecule has 0 saturated carbocycles. The van der Waals surface area contributed by atoms with Crippen LogP contribution in [0.25, 0.3) is 0 Å². The molecule has 0 atom stereocenters. The number of hydrogen-bond acceptors (Lipinski definition) is 0. The van der Waals surface area contributed by atoms with E-state index in [-0.39, 0.29) is 31.0 Å². The molecule has 0 bridgehead atoms. The molecule has 0 nitrogen and oxygen atoms in total. The first-order valence-corrected chi connectivity index (χ1v) is 2.89. The van der Waals surface area contributed by atoms with Crippen molar-refractivity contribution < 1.29 is 31.0 Å². The van der Waals surface area contributed by atoms with Gasteiger partial charge in [0.1, 0.15) is 0 Å². The molecule has 0 aliphatic heterocycles. The van der Waals surface area contributed by atoms with Crippen molar-refractivity contribution in [2.75, 3.05) is 0 Å². The van der Waals surface area contributed by atoms with Crippen LogP contribution in [-0.4, -0.2) is 10.2 Å². The molecule has 0 radical (unpaired) electrons. The van der Waals surface area contributed by atoms with Gasteiger partial charge in [0, 0.05) is 10.2 Å². The van der Waals surface area contributed by atoms with E-state index < -0.39 is 0 Å². The maximum Gasteiger partial charge on any atom is 1.00 e. The van der Waals surface area contributed by atoms with E-state index in [1.165, 1.54) is 10.2 Å². The average molecular weight is 98.2 g/mol. The van der Waals surface area contributed by atoms with Crippen LogP contribution in [0.3, 0.4) is 0 Å². The van der Waals surface area contributed by atoms with Crippen molar-refractivity contribution in [3.8, 4) is 0 Å². The van der Waals surface area contributed by atoms with Crippen molar-refractivity contribution in [3.05, 3.63) is 0 Å². The van der Waals surface area contributed by atoms with Gasteiger partial charge in [0.2, 0.25) is 0 Å². The minimum atomic E-state index is 0. The van der Waals surface area contributed by atoms with Crippen LogP contribution in [0.2, 0.25) is 5.54 Å². The smallest absolute Gasteiger partial charge is 1.00 e. The Kier molecular flexibility index (Phi) is 9.93. The van der Waals surface area contributed by atoms with Crippen molar-refractivity contribution in [1.29, 1.82) is 0 Å². The predicted octanol–water partition coefficient (Wildman–Crippen LogP) is -2.70. The Hall–Kier alpha value is 1.22. The van der Waals surface area contributed by atoms with Crippen molar-refractivity contribution in [2.45, 2.75) is 19.4 Å². The van der Waals surface area contributed by atoms with Crippen LogP contribution in [0.15, 0.2) is 0 Å². The Morgan fingerprint density at radius 3 is 1.60 bits per heavy atom. The van der Waals surface area contributed by atoms with Gasteiger partial charge in [-0.25, -0.2) is 0 Å². The van der Waals surface area contributed by atoms with E-state index in [9.17, 15) is 0 Å². The summed E-state index contributed by atoms with van der Waals surface area (Å²) in [7, 11) is 1.35. The van der Waals surface area contributed by atoms with E-state index in [4.69, 9.17) is 0 Å². The van der Waals surface area contributed by atoms with Gasteiger partial charge in [-0.15, -0.1) is 0 Å². The standard InChI is InChI=1S/C3H10Si.Na.H/c1-3(2)4;;/h3H,1-2,4H3;;/q;+1;-1. The van der Waals surface area contributed by atoms with E-state index in [1.54, 1.807) is 0 Å². The third-order valence-electron chi connectivity index (χ3n) is 0. The molecule has 0 aliphatic carbocycles. The van der Waals surface area contributed by atoms with Crippen LogP contribution in [0, 0.1) is 0 Å². The fourth-order valence-electron chi connectivity index (χ4n) is 0. The quantitative estimate of drug-likeness (QED) is 0.289. The summed E-state index contributed by atoms with van der Waals surface area (Å²) < 4.78 is 0. The van der Waals surface area contributed by atoms with Crippen LogP contribution in [0.5, 0.6) is 0 Å². The molecule has 0 saturated heterocycles. The second-order valence-electron chi connectivity index (χ2n) is 1.73. The molecule has 0 heterocycles. The topological polar surface area (TPSA) is 0 Å². The van der Waals surface area contributed by atoms with Gasteiger partial charge in [-0.05, 0) is 0 Å². The molecule has 28 valence electrons.